The standard InChI is InChI=1S/C18H32N2O2/c1-22-11-10-17(7-4-5-8-17)13-20-16(21)18-9-3-2-6-15(18)12-19-14-18/h15,19H,2-14H2,1H3,(H,20,21)/t15-,18+/m0/s1. The van der Waals surface area contributed by atoms with Crippen molar-refractivity contribution in [3.05, 3.63) is 0 Å². The molecule has 1 saturated heterocycles. The summed E-state index contributed by atoms with van der Waals surface area (Å²) in [7, 11) is 1.77. The first-order valence-corrected chi connectivity index (χ1v) is 9.19. The van der Waals surface area contributed by atoms with Gasteiger partial charge in [0.25, 0.3) is 0 Å². The van der Waals surface area contributed by atoms with E-state index in [0.29, 0.717) is 17.2 Å². The molecule has 4 heteroatoms. The largest absolute Gasteiger partial charge is 0.385 e. The fourth-order valence-electron chi connectivity index (χ4n) is 5.09. The zero-order valence-corrected chi connectivity index (χ0v) is 14.1. The van der Waals surface area contributed by atoms with Gasteiger partial charge in [0.2, 0.25) is 5.91 Å². The molecular formula is C18H32N2O2. The van der Waals surface area contributed by atoms with Crippen LogP contribution in [0, 0.1) is 16.7 Å². The van der Waals surface area contributed by atoms with Crippen molar-refractivity contribution in [2.24, 2.45) is 16.7 Å². The van der Waals surface area contributed by atoms with Gasteiger partial charge < -0.3 is 15.4 Å². The minimum atomic E-state index is -0.112. The molecule has 22 heavy (non-hydrogen) atoms. The normalized spacial score (nSPS) is 33.6. The Morgan fingerprint density at radius 3 is 2.77 bits per heavy atom. The van der Waals surface area contributed by atoms with Gasteiger partial charge in [-0.15, -0.1) is 0 Å². The second-order valence-electron chi connectivity index (χ2n) is 7.86. The van der Waals surface area contributed by atoms with Crippen molar-refractivity contribution in [2.75, 3.05) is 33.4 Å². The Morgan fingerprint density at radius 1 is 1.23 bits per heavy atom. The monoisotopic (exact) mass is 308 g/mol. The van der Waals surface area contributed by atoms with E-state index in [4.69, 9.17) is 4.74 Å². The van der Waals surface area contributed by atoms with Gasteiger partial charge in [0, 0.05) is 26.8 Å². The van der Waals surface area contributed by atoms with Gasteiger partial charge in [-0.1, -0.05) is 25.7 Å². The third-order valence-electron chi connectivity index (χ3n) is 6.62. The molecule has 2 saturated carbocycles. The van der Waals surface area contributed by atoms with Crippen molar-refractivity contribution in [3.8, 4) is 0 Å². The van der Waals surface area contributed by atoms with E-state index in [1.807, 2.05) is 0 Å². The predicted molar refractivity (Wildman–Crippen MR) is 87.7 cm³/mol. The Hall–Kier alpha value is -0.610. The molecule has 4 nitrogen and oxygen atoms in total. The molecule has 0 spiro atoms. The van der Waals surface area contributed by atoms with Gasteiger partial charge in [0.15, 0.2) is 0 Å². The first kappa shape index (κ1) is 16.3. The van der Waals surface area contributed by atoms with Gasteiger partial charge in [0.05, 0.1) is 5.41 Å². The van der Waals surface area contributed by atoms with Crippen LogP contribution >= 0.6 is 0 Å². The van der Waals surface area contributed by atoms with E-state index in [0.717, 1.165) is 39.1 Å². The highest BCUT2D eigenvalue weighted by atomic mass is 16.5. The Labute approximate surface area is 134 Å². The molecular weight excluding hydrogens is 276 g/mol. The summed E-state index contributed by atoms with van der Waals surface area (Å²) in [6.07, 6.45) is 11.0. The Kier molecular flexibility index (Phi) is 5.08. The minimum Gasteiger partial charge on any atom is -0.385 e. The lowest BCUT2D eigenvalue weighted by Crippen LogP contribution is -2.50. The van der Waals surface area contributed by atoms with E-state index in [2.05, 4.69) is 10.6 Å². The van der Waals surface area contributed by atoms with Gasteiger partial charge in [-0.05, 0) is 50.0 Å². The van der Waals surface area contributed by atoms with Crippen molar-refractivity contribution in [1.29, 1.82) is 0 Å². The van der Waals surface area contributed by atoms with Crippen LogP contribution in [0.3, 0.4) is 0 Å². The smallest absolute Gasteiger partial charge is 0.227 e. The van der Waals surface area contributed by atoms with E-state index >= 15 is 0 Å². The molecule has 0 aromatic heterocycles. The lowest BCUT2D eigenvalue weighted by atomic mass is 9.67. The van der Waals surface area contributed by atoms with Crippen LogP contribution < -0.4 is 10.6 Å². The summed E-state index contributed by atoms with van der Waals surface area (Å²) in [6.45, 7) is 3.58. The van der Waals surface area contributed by atoms with Gasteiger partial charge in [0.1, 0.15) is 0 Å². The second-order valence-corrected chi connectivity index (χ2v) is 7.86. The van der Waals surface area contributed by atoms with E-state index in [1.54, 1.807) is 7.11 Å². The van der Waals surface area contributed by atoms with E-state index in [-0.39, 0.29) is 5.41 Å². The van der Waals surface area contributed by atoms with Crippen LogP contribution in [0.1, 0.15) is 57.8 Å². The molecule has 0 radical (unpaired) electrons. The number of ether oxygens (including phenoxy) is 1. The van der Waals surface area contributed by atoms with Crippen molar-refractivity contribution in [3.63, 3.8) is 0 Å². The molecule has 0 bridgehead atoms. The first-order valence-electron chi connectivity index (χ1n) is 9.19. The van der Waals surface area contributed by atoms with Crippen molar-refractivity contribution >= 4 is 5.91 Å². The highest BCUT2D eigenvalue weighted by Gasteiger charge is 2.50. The summed E-state index contributed by atoms with van der Waals surface area (Å²) < 4.78 is 5.30. The lowest BCUT2D eigenvalue weighted by Gasteiger charge is -2.38. The molecule has 3 fully saturated rings. The number of hydrogen-bond acceptors (Lipinski definition) is 3. The molecule has 2 atom stereocenters. The average molecular weight is 308 g/mol. The lowest BCUT2D eigenvalue weighted by molar-refractivity contribution is -0.134. The molecule has 1 amide bonds. The number of methoxy groups -OCH3 is 1. The molecule has 3 aliphatic rings. The van der Waals surface area contributed by atoms with E-state index < -0.39 is 0 Å². The van der Waals surface area contributed by atoms with Crippen LogP contribution in [0.4, 0.5) is 0 Å². The molecule has 126 valence electrons. The number of carbonyl (C=O) groups excluding carboxylic acids is 1. The van der Waals surface area contributed by atoms with E-state index in [9.17, 15) is 4.79 Å². The highest BCUT2D eigenvalue weighted by molar-refractivity contribution is 5.84. The summed E-state index contributed by atoms with van der Waals surface area (Å²) in [6, 6.07) is 0. The molecule has 0 aromatic carbocycles. The highest BCUT2D eigenvalue weighted by Crippen LogP contribution is 2.45. The first-order chi connectivity index (χ1) is 10.7. The number of rotatable bonds is 6. The Balaban J connectivity index is 1.61. The maximum Gasteiger partial charge on any atom is 0.227 e. The third kappa shape index (κ3) is 3.05. The minimum absolute atomic E-state index is 0.112. The summed E-state index contributed by atoms with van der Waals surface area (Å²) >= 11 is 0. The maximum atomic E-state index is 13.0. The predicted octanol–water partition coefficient (Wildman–Crippen LogP) is 2.48. The Morgan fingerprint density at radius 2 is 2.00 bits per heavy atom. The molecule has 0 aromatic rings. The van der Waals surface area contributed by atoms with Crippen LogP contribution in [-0.2, 0) is 9.53 Å². The van der Waals surface area contributed by atoms with Gasteiger partial charge in [-0.2, -0.15) is 0 Å². The summed E-state index contributed by atoms with van der Waals surface area (Å²) in [5, 5.41) is 6.85. The van der Waals surface area contributed by atoms with Gasteiger partial charge >= 0.3 is 0 Å². The van der Waals surface area contributed by atoms with Crippen molar-refractivity contribution < 1.29 is 9.53 Å². The van der Waals surface area contributed by atoms with Gasteiger partial charge in [-0.3, -0.25) is 4.79 Å². The van der Waals surface area contributed by atoms with Crippen molar-refractivity contribution in [2.45, 2.75) is 57.8 Å². The fraction of sp³-hybridized carbons (Fsp3) is 0.944. The number of fused-ring (bicyclic) bond motifs is 1. The van der Waals surface area contributed by atoms with Gasteiger partial charge in [-0.25, -0.2) is 0 Å². The van der Waals surface area contributed by atoms with Crippen molar-refractivity contribution in [1.82, 2.24) is 10.6 Å². The van der Waals surface area contributed by atoms with E-state index in [1.165, 1.54) is 44.9 Å². The summed E-state index contributed by atoms with van der Waals surface area (Å²) in [4.78, 5) is 13.0. The quantitative estimate of drug-likeness (QED) is 0.792. The SMILES string of the molecule is COCCC1(CNC(=O)[C@@]23CCCC[C@H]2CNC3)CCCC1. The molecule has 1 aliphatic heterocycles. The molecule has 2 aliphatic carbocycles. The second kappa shape index (κ2) is 6.88. The topological polar surface area (TPSA) is 50.4 Å². The zero-order chi connectivity index (χ0) is 15.5. The van der Waals surface area contributed by atoms with Crippen LogP contribution in [-0.4, -0.2) is 39.3 Å². The average Bonchev–Trinajstić information content (AvgIpc) is 3.18. The number of hydrogen-bond donors (Lipinski definition) is 2. The van der Waals surface area contributed by atoms with Crippen LogP contribution in [0.2, 0.25) is 0 Å². The number of carbonyl (C=O) groups is 1. The fourth-order valence-corrected chi connectivity index (χ4v) is 5.09. The third-order valence-corrected chi connectivity index (χ3v) is 6.62. The number of nitrogens with one attached hydrogen (secondary N) is 2. The van der Waals surface area contributed by atoms with Crippen LogP contribution in [0.15, 0.2) is 0 Å². The zero-order valence-electron chi connectivity index (χ0n) is 14.1. The van der Waals surface area contributed by atoms with Crippen LogP contribution in [0.5, 0.6) is 0 Å². The molecule has 2 N–H and O–H groups in total. The molecule has 3 rings (SSSR count). The van der Waals surface area contributed by atoms with Crippen LogP contribution in [0.25, 0.3) is 0 Å². The summed E-state index contributed by atoms with van der Waals surface area (Å²) in [5.74, 6) is 0.880. The number of amides is 1. The molecule has 0 unspecified atom stereocenters. The molecule has 1 heterocycles. The Bertz CT molecular complexity index is 393. The maximum absolute atomic E-state index is 13.0. The summed E-state index contributed by atoms with van der Waals surface area (Å²) in [5.41, 5.74) is 0.178.